The second kappa shape index (κ2) is 5.84. The molecule has 0 radical (unpaired) electrons. The number of hydrogen-bond acceptors (Lipinski definition) is 2. The molecule has 21 heavy (non-hydrogen) atoms. The second-order valence-corrected chi connectivity index (χ2v) is 5.61. The SMILES string of the molecule is CNC(c1ccc2cccnc2c1)c1ccc(Cl)cc1C. The Morgan fingerprint density at radius 3 is 2.71 bits per heavy atom. The quantitative estimate of drug-likeness (QED) is 0.769. The van der Waals surface area contributed by atoms with E-state index in [0.717, 1.165) is 15.9 Å². The van der Waals surface area contributed by atoms with Gasteiger partial charge in [0.15, 0.2) is 0 Å². The topological polar surface area (TPSA) is 24.9 Å². The molecular weight excluding hydrogens is 280 g/mol. The van der Waals surface area contributed by atoms with Gasteiger partial charge in [-0.25, -0.2) is 0 Å². The Morgan fingerprint density at radius 2 is 1.95 bits per heavy atom. The lowest BCUT2D eigenvalue weighted by atomic mass is 9.94. The molecule has 0 aliphatic rings. The van der Waals surface area contributed by atoms with Crippen LogP contribution in [0.4, 0.5) is 0 Å². The number of hydrogen-bond donors (Lipinski definition) is 1. The van der Waals surface area contributed by atoms with Crippen molar-refractivity contribution in [3.8, 4) is 0 Å². The first-order valence-electron chi connectivity index (χ1n) is 6.97. The van der Waals surface area contributed by atoms with Crippen molar-refractivity contribution in [1.29, 1.82) is 0 Å². The highest BCUT2D eigenvalue weighted by atomic mass is 35.5. The van der Waals surface area contributed by atoms with E-state index in [4.69, 9.17) is 11.6 Å². The van der Waals surface area contributed by atoms with Crippen LogP contribution in [0.15, 0.2) is 54.7 Å². The molecule has 2 aromatic carbocycles. The average molecular weight is 297 g/mol. The van der Waals surface area contributed by atoms with E-state index < -0.39 is 0 Å². The second-order valence-electron chi connectivity index (χ2n) is 5.18. The third-order valence-corrected chi connectivity index (χ3v) is 4.03. The van der Waals surface area contributed by atoms with Gasteiger partial charge in [0.05, 0.1) is 11.6 Å². The molecule has 1 atom stereocenters. The average Bonchev–Trinajstić information content (AvgIpc) is 2.50. The molecule has 3 heteroatoms. The Labute approximate surface area is 129 Å². The van der Waals surface area contributed by atoms with Crippen molar-refractivity contribution < 1.29 is 0 Å². The lowest BCUT2D eigenvalue weighted by Gasteiger charge is -2.20. The summed E-state index contributed by atoms with van der Waals surface area (Å²) in [7, 11) is 1.97. The van der Waals surface area contributed by atoms with Crippen LogP contribution >= 0.6 is 11.6 Å². The van der Waals surface area contributed by atoms with E-state index in [1.807, 2.05) is 31.4 Å². The smallest absolute Gasteiger partial charge is 0.0705 e. The van der Waals surface area contributed by atoms with Gasteiger partial charge in [0, 0.05) is 16.6 Å². The van der Waals surface area contributed by atoms with Crippen molar-refractivity contribution in [2.24, 2.45) is 0 Å². The van der Waals surface area contributed by atoms with Crippen molar-refractivity contribution in [1.82, 2.24) is 10.3 Å². The van der Waals surface area contributed by atoms with Crippen LogP contribution in [0.2, 0.25) is 5.02 Å². The van der Waals surface area contributed by atoms with Crippen molar-refractivity contribution in [2.75, 3.05) is 7.05 Å². The molecule has 3 aromatic rings. The highest BCUT2D eigenvalue weighted by molar-refractivity contribution is 6.30. The molecule has 0 fully saturated rings. The van der Waals surface area contributed by atoms with Crippen LogP contribution in [0.1, 0.15) is 22.7 Å². The fraction of sp³-hybridized carbons (Fsp3) is 0.167. The molecule has 0 bridgehead atoms. The molecule has 0 saturated carbocycles. The number of aryl methyl sites for hydroxylation is 1. The van der Waals surface area contributed by atoms with Gasteiger partial charge in [0.25, 0.3) is 0 Å². The first-order valence-corrected chi connectivity index (χ1v) is 7.35. The van der Waals surface area contributed by atoms with E-state index in [1.54, 1.807) is 0 Å². The Hall–Kier alpha value is -1.90. The third kappa shape index (κ3) is 2.78. The van der Waals surface area contributed by atoms with Crippen LogP contribution in [-0.2, 0) is 0 Å². The normalized spacial score (nSPS) is 12.5. The Bertz CT molecular complexity index is 783. The van der Waals surface area contributed by atoms with Gasteiger partial charge in [-0.05, 0) is 54.9 Å². The molecule has 0 saturated heterocycles. The third-order valence-electron chi connectivity index (χ3n) is 3.79. The number of nitrogens with one attached hydrogen (secondary N) is 1. The van der Waals surface area contributed by atoms with E-state index in [9.17, 15) is 0 Å². The lowest BCUT2D eigenvalue weighted by molar-refractivity contribution is 0.688. The number of benzene rings is 2. The first kappa shape index (κ1) is 14.1. The van der Waals surface area contributed by atoms with Crippen LogP contribution in [0.25, 0.3) is 10.9 Å². The van der Waals surface area contributed by atoms with E-state index in [2.05, 4.69) is 47.6 Å². The lowest BCUT2D eigenvalue weighted by Crippen LogP contribution is -2.18. The largest absolute Gasteiger partial charge is 0.309 e. The Balaban J connectivity index is 2.09. The van der Waals surface area contributed by atoms with Gasteiger partial charge in [0.1, 0.15) is 0 Å². The van der Waals surface area contributed by atoms with Crippen LogP contribution in [-0.4, -0.2) is 12.0 Å². The summed E-state index contributed by atoms with van der Waals surface area (Å²) in [5.41, 5.74) is 4.64. The fourth-order valence-corrected chi connectivity index (χ4v) is 2.95. The first-order chi connectivity index (χ1) is 10.2. The summed E-state index contributed by atoms with van der Waals surface area (Å²) < 4.78 is 0. The predicted molar refractivity (Wildman–Crippen MR) is 88.8 cm³/mol. The Kier molecular flexibility index (Phi) is 3.91. The molecule has 1 N–H and O–H groups in total. The zero-order valence-electron chi connectivity index (χ0n) is 12.1. The number of aromatic nitrogens is 1. The highest BCUT2D eigenvalue weighted by Crippen LogP contribution is 2.28. The summed E-state index contributed by atoms with van der Waals surface area (Å²) in [5, 5.41) is 5.31. The van der Waals surface area contributed by atoms with E-state index in [1.165, 1.54) is 16.7 Å². The molecule has 0 aliphatic carbocycles. The molecule has 1 aromatic heterocycles. The molecular formula is C18H17ClN2. The summed E-state index contributed by atoms with van der Waals surface area (Å²) in [6.45, 7) is 2.09. The van der Waals surface area contributed by atoms with Crippen molar-refractivity contribution in [3.63, 3.8) is 0 Å². The number of rotatable bonds is 3. The van der Waals surface area contributed by atoms with Gasteiger partial charge in [-0.2, -0.15) is 0 Å². The van der Waals surface area contributed by atoms with Crippen molar-refractivity contribution in [3.05, 3.63) is 76.4 Å². The number of nitrogens with zero attached hydrogens (tertiary/aromatic N) is 1. The summed E-state index contributed by atoms with van der Waals surface area (Å²) in [4.78, 5) is 4.44. The van der Waals surface area contributed by atoms with Gasteiger partial charge in [0.2, 0.25) is 0 Å². The molecule has 0 amide bonds. The fourth-order valence-electron chi connectivity index (χ4n) is 2.73. The van der Waals surface area contributed by atoms with E-state index in [0.29, 0.717) is 0 Å². The highest BCUT2D eigenvalue weighted by Gasteiger charge is 2.15. The maximum Gasteiger partial charge on any atom is 0.0705 e. The van der Waals surface area contributed by atoms with Gasteiger partial charge in [-0.1, -0.05) is 35.9 Å². The van der Waals surface area contributed by atoms with Gasteiger partial charge >= 0.3 is 0 Å². The van der Waals surface area contributed by atoms with Crippen LogP contribution < -0.4 is 5.32 Å². The molecule has 2 nitrogen and oxygen atoms in total. The maximum atomic E-state index is 6.06. The van der Waals surface area contributed by atoms with Gasteiger partial charge in [-0.3, -0.25) is 4.98 Å². The van der Waals surface area contributed by atoms with Crippen LogP contribution in [0, 0.1) is 6.92 Å². The number of fused-ring (bicyclic) bond motifs is 1. The summed E-state index contributed by atoms with van der Waals surface area (Å²) in [6, 6.07) is 16.6. The molecule has 0 spiro atoms. The van der Waals surface area contributed by atoms with Crippen molar-refractivity contribution in [2.45, 2.75) is 13.0 Å². The molecule has 0 aliphatic heterocycles. The van der Waals surface area contributed by atoms with Gasteiger partial charge < -0.3 is 5.32 Å². The Morgan fingerprint density at radius 1 is 1.10 bits per heavy atom. The zero-order valence-corrected chi connectivity index (χ0v) is 12.9. The standard InChI is InChI=1S/C18H17ClN2/c1-12-10-15(19)7-8-16(12)18(20-2)14-6-5-13-4-3-9-21-17(13)11-14/h3-11,18,20H,1-2H3. The summed E-state index contributed by atoms with van der Waals surface area (Å²) in [6.07, 6.45) is 1.83. The van der Waals surface area contributed by atoms with Gasteiger partial charge in [-0.15, -0.1) is 0 Å². The summed E-state index contributed by atoms with van der Waals surface area (Å²) >= 11 is 6.06. The molecule has 1 heterocycles. The predicted octanol–water partition coefficient (Wildman–Crippen LogP) is 4.51. The minimum absolute atomic E-state index is 0.133. The monoisotopic (exact) mass is 296 g/mol. The van der Waals surface area contributed by atoms with E-state index in [-0.39, 0.29) is 6.04 Å². The molecule has 1 unspecified atom stereocenters. The maximum absolute atomic E-state index is 6.06. The minimum Gasteiger partial charge on any atom is -0.309 e. The van der Waals surface area contributed by atoms with E-state index >= 15 is 0 Å². The number of halogens is 1. The number of pyridine rings is 1. The van der Waals surface area contributed by atoms with Crippen LogP contribution in [0.5, 0.6) is 0 Å². The molecule has 3 rings (SSSR count). The van der Waals surface area contributed by atoms with Crippen LogP contribution in [0.3, 0.4) is 0 Å². The summed E-state index contributed by atoms with van der Waals surface area (Å²) in [5.74, 6) is 0. The molecule has 106 valence electrons. The minimum atomic E-state index is 0.133. The zero-order chi connectivity index (χ0) is 14.8. The van der Waals surface area contributed by atoms with Crippen molar-refractivity contribution >= 4 is 22.5 Å².